The molecule has 1 aliphatic rings. The Hall–Kier alpha value is -3.22. The fraction of sp³-hybridized carbons (Fsp3) is 0.391. The molecule has 0 spiro atoms. The van der Waals surface area contributed by atoms with E-state index in [4.69, 9.17) is 9.47 Å². The zero-order valence-corrected chi connectivity index (χ0v) is 17.6. The van der Waals surface area contributed by atoms with Gasteiger partial charge in [-0.1, -0.05) is 30.3 Å². The van der Waals surface area contributed by atoms with E-state index in [1.165, 1.54) is 12.1 Å². The molecule has 30 heavy (non-hydrogen) atoms. The number of carbonyl (C=O) groups excluding carboxylic acids is 2. The zero-order valence-electron chi connectivity index (χ0n) is 17.6. The van der Waals surface area contributed by atoms with E-state index in [1.54, 1.807) is 11.0 Å². The Kier molecular flexibility index (Phi) is 6.50. The predicted octanol–water partition coefficient (Wildman–Crippen LogP) is 3.25. The predicted molar refractivity (Wildman–Crippen MR) is 112 cm³/mol. The average Bonchev–Trinajstić information content (AvgIpc) is 2.63. The lowest BCUT2D eigenvalue weighted by Gasteiger charge is -2.40. The van der Waals surface area contributed by atoms with Gasteiger partial charge in [-0.3, -0.25) is 4.79 Å². The Morgan fingerprint density at radius 3 is 2.50 bits per heavy atom. The molecule has 0 bridgehead atoms. The molecular weight excluding hydrogens is 384 g/mol. The van der Waals surface area contributed by atoms with Gasteiger partial charge in [0.25, 0.3) is 0 Å². The maximum Gasteiger partial charge on any atom is 0.410 e. The molecule has 160 valence electrons. The first-order valence-corrected chi connectivity index (χ1v) is 9.95. The van der Waals surface area contributed by atoms with E-state index in [-0.39, 0.29) is 30.2 Å². The van der Waals surface area contributed by atoms with Crippen LogP contribution in [0, 0.1) is 0 Å². The average molecular weight is 412 g/mol. The molecule has 2 N–H and O–H groups in total. The van der Waals surface area contributed by atoms with Crippen molar-refractivity contribution < 1.29 is 24.2 Å². The van der Waals surface area contributed by atoms with Crippen LogP contribution in [-0.4, -0.2) is 46.7 Å². The van der Waals surface area contributed by atoms with Crippen LogP contribution in [0.3, 0.4) is 0 Å². The van der Waals surface area contributed by atoms with Gasteiger partial charge in [0, 0.05) is 18.7 Å². The number of likely N-dealkylation sites (tertiary alicyclic amines) is 1. The highest BCUT2D eigenvalue weighted by molar-refractivity contribution is 5.80. The number of benzene rings is 2. The topological polar surface area (TPSA) is 88.1 Å². The quantitative estimate of drug-likeness (QED) is 0.760. The van der Waals surface area contributed by atoms with Crippen molar-refractivity contribution in [1.82, 2.24) is 10.2 Å². The van der Waals surface area contributed by atoms with Crippen molar-refractivity contribution in [3.63, 3.8) is 0 Å². The van der Waals surface area contributed by atoms with Gasteiger partial charge in [-0.05, 0) is 44.5 Å². The van der Waals surface area contributed by atoms with Crippen LogP contribution < -0.4 is 10.1 Å². The third kappa shape index (κ3) is 6.14. The van der Waals surface area contributed by atoms with Crippen molar-refractivity contribution in [2.24, 2.45) is 0 Å². The second-order valence-corrected chi connectivity index (χ2v) is 8.39. The number of hydrogen-bond acceptors (Lipinski definition) is 5. The fourth-order valence-electron chi connectivity index (χ4n) is 3.08. The molecule has 0 radical (unpaired) electrons. The summed E-state index contributed by atoms with van der Waals surface area (Å²) in [6.07, 6.45) is -0.306. The zero-order chi connectivity index (χ0) is 21.7. The maximum atomic E-state index is 12.5. The molecule has 2 aromatic rings. The summed E-state index contributed by atoms with van der Waals surface area (Å²) >= 11 is 0. The van der Waals surface area contributed by atoms with Crippen LogP contribution in [0.25, 0.3) is 0 Å². The Morgan fingerprint density at radius 1 is 1.13 bits per heavy atom. The Labute approximate surface area is 176 Å². The molecule has 3 rings (SSSR count). The van der Waals surface area contributed by atoms with Crippen molar-refractivity contribution in [3.05, 3.63) is 59.7 Å². The van der Waals surface area contributed by atoms with E-state index in [9.17, 15) is 14.7 Å². The van der Waals surface area contributed by atoms with Crippen LogP contribution in [0.5, 0.6) is 11.5 Å². The number of carbonyl (C=O) groups is 2. The molecule has 0 aromatic heterocycles. The summed E-state index contributed by atoms with van der Waals surface area (Å²) in [5.41, 5.74) is 1.07. The van der Waals surface area contributed by atoms with Gasteiger partial charge < -0.3 is 24.8 Å². The molecule has 7 heteroatoms. The number of ether oxygens (including phenoxy) is 2. The monoisotopic (exact) mass is 412 g/mol. The molecule has 1 fully saturated rings. The van der Waals surface area contributed by atoms with E-state index in [1.807, 2.05) is 51.1 Å². The van der Waals surface area contributed by atoms with Crippen LogP contribution in [0.4, 0.5) is 4.79 Å². The van der Waals surface area contributed by atoms with Gasteiger partial charge in [0.05, 0.1) is 12.5 Å². The Bertz CT molecular complexity index is 886. The van der Waals surface area contributed by atoms with Crippen LogP contribution in [0.1, 0.15) is 31.9 Å². The Balaban J connectivity index is 1.52. The van der Waals surface area contributed by atoms with Gasteiger partial charge in [0.1, 0.15) is 23.7 Å². The number of nitrogens with one attached hydrogen (secondary N) is 1. The summed E-state index contributed by atoms with van der Waals surface area (Å²) in [5.74, 6) is 0.430. The lowest BCUT2D eigenvalue weighted by Crippen LogP contribution is -2.61. The lowest BCUT2D eigenvalue weighted by atomic mass is 10.1. The van der Waals surface area contributed by atoms with Crippen LogP contribution >= 0.6 is 0 Å². The highest BCUT2D eigenvalue weighted by atomic mass is 16.6. The number of aromatic hydroxyl groups is 1. The van der Waals surface area contributed by atoms with Crippen molar-refractivity contribution >= 4 is 12.0 Å². The summed E-state index contributed by atoms with van der Waals surface area (Å²) in [6.45, 7) is 6.65. The Morgan fingerprint density at radius 2 is 1.83 bits per heavy atom. The minimum Gasteiger partial charge on any atom is -0.508 e. The minimum absolute atomic E-state index is 0.0709. The van der Waals surface area contributed by atoms with Gasteiger partial charge in [-0.2, -0.15) is 0 Å². The molecule has 7 nitrogen and oxygen atoms in total. The third-order valence-corrected chi connectivity index (χ3v) is 4.53. The molecule has 0 atom stereocenters. The smallest absolute Gasteiger partial charge is 0.410 e. The van der Waals surface area contributed by atoms with Gasteiger partial charge >= 0.3 is 6.09 Å². The number of hydrogen-bond donors (Lipinski definition) is 2. The molecule has 0 saturated carbocycles. The van der Waals surface area contributed by atoms with E-state index >= 15 is 0 Å². The molecule has 0 aliphatic carbocycles. The second kappa shape index (κ2) is 9.07. The van der Waals surface area contributed by atoms with E-state index in [0.717, 1.165) is 5.56 Å². The van der Waals surface area contributed by atoms with E-state index < -0.39 is 5.60 Å². The highest BCUT2D eigenvalue weighted by Gasteiger charge is 2.34. The van der Waals surface area contributed by atoms with E-state index in [2.05, 4.69) is 5.32 Å². The number of nitrogens with zero attached hydrogens (tertiary/aromatic N) is 1. The first kappa shape index (κ1) is 21.5. The summed E-state index contributed by atoms with van der Waals surface area (Å²) < 4.78 is 11.2. The van der Waals surface area contributed by atoms with Gasteiger partial charge in [-0.25, -0.2) is 4.79 Å². The molecule has 1 saturated heterocycles. The molecule has 2 amide bonds. The first-order valence-electron chi connectivity index (χ1n) is 9.95. The SMILES string of the molecule is CC(C)(C)OC(=O)N1CC(NC(=O)Cc2cc(O)ccc2OCc2ccccc2)C1. The fourth-order valence-corrected chi connectivity index (χ4v) is 3.08. The van der Waals surface area contributed by atoms with Gasteiger partial charge in [0.2, 0.25) is 5.91 Å². The first-order chi connectivity index (χ1) is 14.2. The largest absolute Gasteiger partial charge is 0.508 e. The molecule has 0 unspecified atom stereocenters. The minimum atomic E-state index is -0.545. The highest BCUT2D eigenvalue weighted by Crippen LogP contribution is 2.25. The normalized spacial score (nSPS) is 14.0. The van der Waals surface area contributed by atoms with Crippen molar-refractivity contribution in [2.75, 3.05) is 13.1 Å². The summed E-state index contributed by atoms with van der Waals surface area (Å²) in [4.78, 5) is 26.0. The summed E-state index contributed by atoms with van der Waals surface area (Å²) in [6, 6.07) is 14.3. The van der Waals surface area contributed by atoms with Crippen molar-refractivity contribution in [3.8, 4) is 11.5 Å². The molecule has 1 aliphatic heterocycles. The van der Waals surface area contributed by atoms with Crippen LogP contribution in [0.2, 0.25) is 0 Å². The van der Waals surface area contributed by atoms with Crippen LogP contribution in [0.15, 0.2) is 48.5 Å². The van der Waals surface area contributed by atoms with Crippen molar-refractivity contribution in [1.29, 1.82) is 0 Å². The lowest BCUT2D eigenvalue weighted by molar-refractivity contribution is -0.122. The summed E-state index contributed by atoms with van der Waals surface area (Å²) in [7, 11) is 0. The standard InChI is InChI=1S/C23H28N2O5/c1-23(2,3)30-22(28)25-13-18(14-25)24-21(27)12-17-11-19(26)9-10-20(17)29-15-16-7-5-4-6-8-16/h4-11,18,26H,12-15H2,1-3H3,(H,24,27). The third-order valence-electron chi connectivity index (χ3n) is 4.53. The summed E-state index contributed by atoms with van der Waals surface area (Å²) in [5, 5.41) is 12.7. The maximum absolute atomic E-state index is 12.5. The number of phenols is 1. The molecule has 1 heterocycles. The van der Waals surface area contributed by atoms with Crippen molar-refractivity contribution in [2.45, 2.75) is 45.4 Å². The molecular formula is C23H28N2O5. The number of rotatable bonds is 6. The number of amides is 2. The molecule has 2 aromatic carbocycles. The number of phenolic OH excluding ortho intramolecular Hbond substituents is 1. The van der Waals surface area contributed by atoms with Gasteiger partial charge in [0.15, 0.2) is 0 Å². The van der Waals surface area contributed by atoms with Crippen LogP contribution in [-0.2, 0) is 22.6 Å². The van der Waals surface area contributed by atoms with E-state index in [0.29, 0.717) is 31.0 Å². The van der Waals surface area contributed by atoms with Gasteiger partial charge in [-0.15, -0.1) is 0 Å². The second-order valence-electron chi connectivity index (χ2n) is 8.39.